The lowest BCUT2D eigenvalue weighted by Crippen LogP contribution is -2.12. The molecule has 0 atom stereocenters. The molecular formula is C27H25N5O3. The van der Waals surface area contributed by atoms with Crippen molar-refractivity contribution in [1.29, 1.82) is 0 Å². The number of rotatable bonds is 6. The molecule has 1 aliphatic heterocycles. The molecule has 8 heteroatoms. The number of ether oxygens (including phenoxy) is 1. The largest absolute Gasteiger partial charge is 0.457 e. The SMILES string of the molecule is C=C1C=C(Oc2ccc(Nc3ncnc4ccc(NC(=O)C#CCCO)cc34)cc2C)C=CN1C. The van der Waals surface area contributed by atoms with Crippen molar-refractivity contribution in [2.45, 2.75) is 13.3 Å². The Kier molecular flexibility index (Phi) is 7.10. The highest BCUT2D eigenvalue weighted by atomic mass is 16.5. The van der Waals surface area contributed by atoms with Gasteiger partial charge in [-0.3, -0.25) is 4.79 Å². The molecule has 0 spiro atoms. The van der Waals surface area contributed by atoms with Crippen LogP contribution in [-0.4, -0.2) is 39.5 Å². The summed E-state index contributed by atoms with van der Waals surface area (Å²) in [6.45, 7) is 5.88. The zero-order valence-corrected chi connectivity index (χ0v) is 19.5. The topological polar surface area (TPSA) is 99.6 Å². The fraction of sp³-hybridized carbons (Fsp3) is 0.148. The predicted molar refractivity (Wildman–Crippen MR) is 137 cm³/mol. The minimum atomic E-state index is -0.450. The number of likely N-dealkylation sites (N-methyl/N-ethyl adjacent to an activating group) is 1. The lowest BCUT2D eigenvalue weighted by Gasteiger charge is -2.20. The van der Waals surface area contributed by atoms with Crippen LogP contribution in [-0.2, 0) is 4.79 Å². The molecule has 1 aliphatic rings. The van der Waals surface area contributed by atoms with Gasteiger partial charge < -0.3 is 25.4 Å². The van der Waals surface area contributed by atoms with E-state index in [0.29, 0.717) is 17.3 Å². The number of amides is 1. The van der Waals surface area contributed by atoms with Crippen LogP contribution in [0.25, 0.3) is 10.9 Å². The van der Waals surface area contributed by atoms with Crippen molar-refractivity contribution < 1.29 is 14.6 Å². The van der Waals surface area contributed by atoms with Crippen LogP contribution in [0.1, 0.15) is 12.0 Å². The standard InChI is InChI=1S/C27H25N5O3/c1-18-14-20(8-10-25(18)35-22-11-12-32(3)19(2)15-22)31-27-23-16-21(7-9-24(23)28-17-29-27)30-26(34)6-4-5-13-33/h7-12,14-17,33H,2,5,13H2,1,3H3,(H,30,34)(H,28,29,31). The first-order valence-electron chi connectivity index (χ1n) is 11.0. The van der Waals surface area contributed by atoms with Gasteiger partial charge in [-0.2, -0.15) is 0 Å². The summed E-state index contributed by atoms with van der Waals surface area (Å²) in [4.78, 5) is 22.6. The maximum absolute atomic E-state index is 12.0. The van der Waals surface area contributed by atoms with Crippen LogP contribution < -0.4 is 15.4 Å². The number of aliphatic hydroxyl groups excluding tert-OH is 1. The Morgan fingerprint density at radius 3 is 2.80 bits per heavy atom. The number of allylic oxidation sites excluding steroid dienone is 2. The second-order valence-corrected chi connectivity index (χ2v) is 7.86. The van der Waals surface area contributed by atoms with Crippen molar-refractivity contribution in [2.24, 2.45) is 0 Å². The molecule has 8 nitrogen and oxygen atoms in total. The van der Waals surface area contributed by atoms with Gasteiger partial charge in [0.05, 0.1) is 12.1 Å². The Labute approximate surface area is 203 Å². The summed E-state index contributed by atoms with van der Waals surface area (Å²) in [7, 11) is 1.93. The van der Waals surface area contributed by atoms with E-state index in [-0.39, 0.29) is 13.0 Å². The third-order valence-corrected chi connectivity index (χ3v) is 5.22. The minimum absolute atomic E-state index is 0.0858. The Balaban J connectivity index is 1.53. The maximum atomic E-state index is 12.0. The van der Waals surface area contributed by atoms with Crippen molar-refractivity contribution >= 4 is 34.0 Å². The van der Waals surface area contributed by atoms with Gasteiger partial charge in [-0.25, -0.2) is 9.97 Å². The van der Waals surface area contributed by atoms with Gasteiger partial charge in [0.1, 0.15) is 23.7 Å². The molecule has 1 aromatic heterocycles. The van der Waals surface area contributed by atoms with Crippen LogP contribution in [0, 0.1) is 18.8 Å². The van der Waals surface area contributed by atoms with Gasteiger partial charge in [0, 0.05) is 48.2 Å². The van der Waals surface area contributed by atoms with Gasteiger partial charge in [0.15, 0.2) is 0 Å². The van der Waals surface area contributed by atoms with Gasteiger partial charge >= 0.3 is 0 Å². The molecule has 0 radical (unpaired) electrons. The van der Waals surface area contributed by atoms with Crippen LogP contribution in [0.5, 0.6) is 5.75 Å². The molecule has 0 aliphatic carbocycles. The number of anilines is 3. The number of nitrogens with zero attached hydrogens (tertiary/aromatic N) is 3. The minimum Gasteiger partial charge on any atom is -0.457 e. The van der Waals surface area contributed by atoms with Gasteiger partial charge in [0.2, 0.25) is 0 Å². The first-order chi connectivity index (χ1) is 16.9. The Bertz CT molecular complexity index is 1420. The first kappa shape index (κ1) is 23.5. The quantitative estimate of drug-likeness (QED) is 0.466. The fourth-order valence-corrected chi connectivity index (χ4v) is 3.36. The molecule has 2 heterocycles. The number of carbonyl (C=O) groups excluding carboxylic acids is 1. The summed E-state index contributed by atoms with van der Waals surface area (Å²) in [5.41, 5.74) is 3.92. The summed E-state index contributed by atoms with van der Waals surface area (Å²) in [6.07, 6.45) is 7.41. The molecule has 35 heavy (non-hydrogen) atoms. The molecule has 0 unspecified atom stereocenters. The second-order valence-electron chi connectivity index (χ2n) is 7.86. The van der Waals surface area contributed by atoms with E-state index in [2.05, 4.69) is 39.0 Å². The normalized spacial score (nSPS) is 12.6. The molecule has 3 N–H and O–H groups in total. The van der Waals surface area contributed by atoms with E-state index < -0.39 is 5.91 Å². The van der Waals surface area contributed by atoms with Crippen LogP contribution in [0.15, 0.2) is 79.1 Å². The van der Waals surface area contributed by atoms with E-state index in [1.54, 1.807) is 18.2 Å². The maximum Gasteiger partial charge on any atom is 0.300 e. The molecule has 0 saturated heterocycles. The molecule has 4 rings (SSSR count). The number of nitrogens with one attached hydrogen (secondary N) is 2. The highest BCUT2D eigenvalue weighted by Crippen LogP contribution is 2.29. The Morgan fingerprint density at radius 2 is 2.03 bits per heavy atom. The smallest absolute Gasteiger partial charge is 0.300 e. The average molecular weight is 468 g/mol. The van der Waals surface area contributed by atoms with E-state index >= 15 is 0 Å². The molecule has 2 aromatic carbocycles. The number of aromatic nitrogens is 2. The number of hydrogen-bond donors (Lipinski definition) is 3. The predicted octanol–water partition coefficient (Wildman–Crippen LogP) is 4.24. The monoisotopic (exact) mass is 467 g/mol. The number of aryl methyl sites for hydroxylation is 1. The number of carbonyl (C=O) groups is 1. The third-order valence-electron chi connectivity index (χ3n) is 5.22. The van der Waals surface area contributed by atoms with Crippen LogP contribution >= 0.6 is 0 Å². The van der Waals surface area contributed by atoms with Gasteiger partial charge in [-0.05, 0) is 60.9 Å². The van der Waals surface area contributed by atoms with Gasteiger partial charge in [-0.1, -0.05) is 12.5 Å². The average Bonchev–Trinajstić information content (AvgIpc) is 2.84. The number of hydrogen-bond acceptors (Lipinski definition) is 7. The van der Waals surface area contributed by atoms with Gasteiger partial charge in [0.25, 0.3) is 5.91 Å². The van der Waals surface area contributed by atoms with Crippen molar-refractivity contribution in [3.8, 4) is 17.6 Å². The molecule has 176 valence electrons. The fourth-order valence-electron chi connectivity index (χ4n) is 3.36. The molecular weight excluding hydrogens is 442 g/mol. The zero-order chi connectivity index (χ0) is 24.8. The Hall–Kier alpha value is -4.61. The lowest BCUT2D eigenvalue weighted by atomic mass is 10.1. The van der Waals surface area contributed by atoms with E-state index in [1.807, 2.05) is 55.4 Å². The van der Waals surface area contributed by atoms with Crippen LogP contribution in [0.3, 0.4) is 0 Å². The molecule has 0 saturated carbocycles. The van der Waals surface area contributed by atoms with E-state index in [4.69, 9.17) is 9.84 Å². The Morgan fingerprint density at radius 1 is 1.20 bits per heavy atom. The number of fused-ring (bicyclic) bond motifs is 1. The molecule has 1 amide bonds. The van der Waals surface area contributed by atoms with Gasteiger partial charge in [-0.15, -0.1) is 0 Å². The summed E-state index contributed by atoms with van der Waals surface area (Å²) in [5.74, 6) is 6.65. The highest BCUT2D eigenvalue weighted by Gasteiger charge is 2.11. The van der Waals surface area contributed by atoms with E-state index in [0.717, 1.165) is 33.6 Å². The third kappa shape index (κ3) is 5.85. The van der Waals surface area contributed by atoms with Crippen LogP contribution in [0.2, 0.25) is 0 Å². The molecule has 0 bridgehead atoms. The van der Waals surface area contributed by atoms with Crippen LogP contribution in [0.4, 0.5) is 17.2 Å². The summed E-state index contributed by atoms with van der Waals surface area (Å²) < 4.78 is 6.04. The summed E-state index contributed by atoms with van der Waals surface area (Å²) >= 11 is 0. The van der Waals surface area contributed by atoms with Crippen molar-refractivity contribution in [3.63, 3.8) is 0 Å². The highest BCUT2D eigenvalue weighted by molar-refractivity contribution is 6.05. The number of benzene rings is 2. The molecule has 3 aromatic rings. The van der Waals surface area contributed by atoms with Crippen molar-refractivity contribution in [3.05, 3.63) is 84.7 Å². The van der Waals surface area contributed by atoms with Crippen molar-refractivity contribution in [2.75, 3.05) is 24.3 Å². The lowest BCUT2D eigenvalue weighted by molar-refractivity contribution is -0.111. The summed E-state index contributed by atoms with van der Waals surface area (Å²) in [6, 6.07) is 11.1. The first-order valence-corrected chi connectivity index (χ1v) is 11.0. The zero-order valence-electron chi connectivity index (χ0n) is 19.5. The molecule has 0 fully saturated rings. The summed E-state index contributed by atoms with van der Waals surface area (Å²) in [5, 5.41) is 15.6. The van der Waals surface area contributed by atoms with E-state index in [9.17, 15) is 4.79 Å². The second kappa shape index (κ2) is 10.5. The van der Waals surface area contributed by atoms with E-state index in [1.165, 1.54) is 6.33 Å². The van der Waals surface area contributed by atoms with Crippen molar-refractivity contribution in [1.82, 2.24) is 14.9 Å². The number of aliphatic hydroxyl groups is 1.